The number of nitrogens with zero attached hydrogens (tertiary/aromatic N) is 1. The van der Waals surface area contributed by atoms with Crippen molar-refractivity contribution in [2.24, 2.45) is 4.36 Å². The Kier molecular flexibility index (Phi) is 3.19. The van der Waals surface area contributed by atoms with Crippen molar-refractivity contribution >= 4 is 15.4 Å². The first-order chi connectivity index (χ1) is 7.59. The summed E-state index contributed by atoms with van der Waals surface area (Å²) in [5, 5.41) is 0. The lowest BCUT2D eigenvalue weighted by atomic mass is 10.3. The van der Waals surface area contributed by atoms with Gasteiger partial charge in [0, 0.05) is 11.5 Å². The number of hydrogen-bond donors (Lipinski definition) is 0. The Morgan fingerprint density at radius 2 is 2.00 bits per heavy atom. The van der Waals surface area contributed by atoms with Gasteiger partial charge in [-0.15, -0.1) is 0 Å². The summed E-state index contributed by atoms with van der Waals surface area (Å²) in [6.07, 6.45) is 1.13. The molecule has 1 saturated heterocycles. The van der Waals surface area contributed by atoms with E-state index in [1.54, 1.807) is 0 Å². The molecule has 1 aliphatic rings. The van der Waals surface area contributed by atoms with Crippen molar-refractivity contribution in [1.82, 2.24) is 0 Å². The summed E-state index contributed by atoms with van der Waals surface area (Å²) in [6, 6.07) is 7.54. The van der Waals surface area contributed by atoms with Crippen LogP contribution in [0.15, 0.2) is 28.6 Å². The second-order valence-electron chi connectivity index (χ2n) is 4.26. The van der Waals surface area contributed by atoms with Gasteiger partial charge in [-0.25, -0.2) is 4.21 Å². The van der Waals surface area contributed by atoms with E-state index in [2.05, 4.69) is 4.36 Å². The molecule has 0 amide bonds. The van der Waals surface area contributed by atoms with E-state index in [1.165, 1.54) is 0 Å². The molecule has 1 heterocycles. The summed E-state index contributed by atoms with van der Waals surface area (Å²) in [6.45, 7) is 3.94. The molecule has 1 aliphatic heterocycles. The van der Waals surface area contributed by atoms with Crippen LogP contribution < -0.4 is 4.74 Å². The van der Waals surface area contributed by atoms with Crippen LogP contribution in [0.4, 0.5) is 5.69 Å². The molecule has 0 bridgehead atoms. The van der Waals surface area contributed by atoms with Gasteiger partial charge in [0.05, 0.1) is 15.8 Å². The average Bonchev–Trinajstić information content (AvgIpc) is 2.18. The van der Waals surface area contributed by atoms with Gasteiger partial charge in [-0.05, 0) is 32.4 Å². The minimum Gasteiger partial charge on any atom is -0.489 e. The normalized spacial score (nSPS) is 17.9. The minimum atomic E-state index is -1.96. The van der Waals surface area contributed by atoms with E-state index in [0.29, 0.717) is 0 Å². The Labute approximate surface area is 97.0 Å². The lowest BCUT2D eigenvalue weighted by molar-refractivity contribution is 0.243. The van der Waals surface area contributed by atoms with Gasteiger partial charge in [0.25, 0.3) is 0 Å². The van der Waals surface area contributed by atoms with Crippen LogP contribution in [0.3, 0.4) is 0 Å². The van der Waals surface area contributed by atoms with E-state index in [4.69, 9.17) is 4.74 Å². The molecule has 0 atom stereocenters. The maximum atomic E-state index is 12.0. The van der Waals surface area contributed by atoms with Crippen LogP contribution in [-0.4, -0.2) is 21.8 Å². The molecule has 1 fully saturated rings. The molecule has 0 spiro atoms. The monoisotopic (exact) mass is 239 g/mol. The molecule has 0 unspecified atom stereocenters. The first kappa shape index (κ1) is 11.5. The molecule has 4 heteroatoms. The molecule has 2 rings (SSSR count). The molecular weight excluding hydrogens is 222 g/mol. The summed E-state index contributed by atoms with van der Waals surface area (Å²) in [7, 11) is -1.96. The molecule has 0 aliphatic carbocycles. The molecule has 0 radical (unpaired) electrons. The first-order valence-corrected chi connectivity index (χ1v) is 7.43. The maximum absolute atomic E-state index is 12.0. The van der Waals surface area contributed by atoms with Crippen molar-refractivity contribution in [3.8, 4) is 5.75 Å². The fraction of sp³-hybridized carbons (Fsp3) is 0.500. The van der Waals surface area contributed by atoms with Crippen LogP contribution in [0.25, 0.3) is 0 Å². The van der Waals surface area contributed by atoms with Gasteiger partial charge in [-0.3, -0.25) is 0 Å². The van der Waals surface area contributed by atoms with Gasteiger partial charge in [-0.1, -0.05) is 12.1 Å². The van der Waals surface area contributed by atoms with E-state index in [1.807, 2.05) is 38.1 Å². The highest BCUT2D eigenvalue weighted by Crippen LogP contribution is 2.31. The van der Waals surface area contributed by atoms with E-state index >= 15 is 0 Å². The zero-order valence-electron chi connectivity index (χ0n) is 9.68. The Morgan fingerprint density at radius 3 is 2.56 bits per heavy atom. The lowest BCUT2D eigenvalue weighted by Gasteiger charge is -2.19. The summed E-state index contributed by atoms with van der Waals surface area (Å²) in [4.78, 5) is 0. The fourth-order valence-corrected chi connectivity index (χ4v) is 3.02. The Bertz CT molecular complexity index is 478. The van der Waals surface area contributed by atoms with E-state index in [9.17, 15) is 4.21 Å². The Morgan fingerprint density at radius 1 is 1.31 bits per heavy atom. The first-order valence-electron chi connectivity index (χ1n) is 5.57. The number of hydrogen-bond acceptors (Lipinski definition) is 3. The van der Waals surface area contributed by atoms with Crippen molar-refractivity contribution in [3.63, 3.8) is 0 Å². The molecule has 0 aromatic heterocycles. The minimum absolute atomic E-state index is 0.107. The topological polar surface area (TPSA) is 38.7 Å². The van der Waals surface area contributed by atoms with Gasteiger partial charge < -0.3 is 4.74 Å². The summed E-state index contributed by atoms with van der Waals surface area (Å²) in [5.41, 5.74) is 0.723. The van der Waals surface area contributed by atoms with Gasteiger partial charge in [0.1, 0.15) is 11.4 Å². The SMILES string of the molecule is CC(C)Oc1ccccc1N=S1(=O)CCC1. The van der Waals surface area contributed by atoms with Crippen LogP contribution in [0.5, 0.6) is 5.75 Å². The maximum Gasteiger partial charge on any atom is 0.146 e. The highest BCUT2D eigenvalue weighted by atomic mass is 32.2. The quantitative estimate of drug-likeness (QED) is 0.813. The standard InChI is InChI=1S/C12H17NO2S/c1-10(2)15-12-7-4-3-6-11(12)13-16(14)8-5-9-16/h3-4,6-7,10H,5,8-9H2,1-2H3. The lowest BCUT2D eigenvalue weighted by Crippen LogP contribution is -2.23. The summed E-state index contributed by atoms with van der Waals surface area (Å²) < 4.78 is 22.0. The zero-order chi connectivity index (χ0) is 11.6. The van der Waals surface area contributed by atoms with Crippen molar-refractivity contribution in [3.05, 3.63) is 24.3 Å². The molecular formula is C12H17NO2S. The second kappa shape index (κ2) is 4.45. The van der Waals surface area contributed by atoms with Crippen LogP contribution >= 0.6 is 0 Å². The molecule has 1 aromatic carbocycles. The third-order valence-corrected chi connectivity index (χ3v) is 4.80. The van der Waals surface area contributed by atoms with E-state index in [0.717, 1.165) is 29.4 Å². The van der Waals surface area contributed by atoms with Gasteiger partial charge in [0.15, 0.2) is 0 Å². The van der Waals surface area contributed by atoms with E-state index in [-0.39, 0.29) is 6.10 Å². The number of para-hydroxylation sites is 1. The third kappa shape index (κ3) is 2.55. The third-order valence-electron chi connectivity index (χ3n) is 2.42. The predicted molar refractivity (Wildman–Crippen MR) is 66.8 cm³/mol. The number of ether oxygens (including phenoxy) is 1. The van der Waals surface area contributed by atoms with Gasteiger partial charge in [-0.2, -0.15) is 4.36 Å². The smallest absolute Gasteiger partial charge is 0.146 e. The van der Waals surface area contributed by atoms with Crippen LogP contribution in [-0.2, 0) is 9.73 Å². The van der Waals surface area contributed by atoms with Crippen molar-refractivity contribution in [1.29, 1.82) is 0 Å². The fourth-order valence-electron chi connectivity index (χ4n) is 1.55. The zero-order valence-corrected chi connectivity index (χ0v) is 10.5. The molecule has 1 aromatic rings. The highest BCUT2D eigenvalue weighted by molar-refractivity contribution is 7.95. The average molecular weight is 239 g/mol. The van der Waals surface area contributed by atoms with Crippen molar-refractivity contribution in [2.45, 2.75) is 26.4 Å². The van der Waals surface area contributed by atoms with Gasteiger partial charge in [0.2, 0.25) is 0 Å². The predicted octanol–water partition coefficient (Wildman–Crippen LogP) is 2.98. The van der Waals surface area contributed by atoms with Crippen LogP contribution in [0.2, 0.25) is 0 Å². The van der Waals surface area contributed by atoms with Crippen LogP contribution in [0, 0.1) is 0 Å². The number of benzene rings is 1. The molecule has 88 valence electrons. The van der Waals surface area contributed by atoms with Gasteiger partial charge >= 0.3 is 0 Å². The van der Waals surface area contributed by atoms with Crippen LogP contribution in [0.1, 0.15) is 20.3 Å². The molecule has 3 nitrogen and oxygen atoms in total. The highest BCUT2D eigenvalue weighted by Gasteiger charge is 2.20. The largest absolute Gasteiger partial charge is 0.489 e. The Hall–Kier alpha value is -1.03. The summed E-state index contributed by atoms with van der Waals surface area (Å²) in [5.74, 6) is 2.18. The summed E-state index contributed by atoms with van der Waals surface area (Å²) >= 11 is 0. The molecule has 16 heavy (non-hydrogen) atoms. The van der Waals surface area contributed by atoms with Crippen molar-refractivity contribution < 1.29 is 8.95 Å². The molecule has 0 saturated carbocycles. The second-order valence-corrected chi connectivity index (χ2v) is 6.80. The van der Waals surface area contributed by atoms with E-state index < -0.39 is 9.73 Å². The Balaban J connectivity index is 2.33. The molecule has 0 N–H and O–H groups in total. The van der Waals surface area contributed by atoms with Crippen molar-refractivity contribution in [2.75, 3.05) is 11.5 Å². The number of rotatable bonds is 3.